The Morgan fingerprint density at radius 1 is 1.22 bits per heavy atom. The number of halogens is 3. The number of hydrogen-bond donors (Lipinski definition) is 1. The summed E-state index contributed by atoms with van der Waals surface area (Å²) in [5, 5.41) is 4.82. The van der Waals surface area contributed by atoms with Gasteiger partial charge in [0.1, 0.15) is 0 Å². The molecule has 0 saturated carbocycles. The standard InChI is InChI=1S/C9H9F3N2O3S/c1-14(8(15)9(10,11)12)6-2-4-7(5-3-6)18(13,16)17/h2-5H,1H3,(H2,13,16,17). The van der Waals surface area contributed by atoms with E-state index in [2.05, 4.69) is 0 Å². The number of rotatable bonds is 2. The molecule has 0 heterocycles. The number of primary sulfonamides is 1. The van der Waals surface area contributed by atoms with Crippen molar-refractivity contribution >= 4 is 21.6 Å². The van der Waals surface area contributed by atoms with E-state index in [1.54, 1.807) is 0 Å². The SMILES string of the molecule is CN(C(=O)C(F)(F)F)c1ccc(S(N)(=O)=O)cc1. The summed E-state index contributed by atoms with van der Waals surface area (Å²) in [6.07, 6.45) is -4.99. The molecular formula is C9H9F3N2O3S. The highest BCUT2D eigenvalue weighted by Crippen LogP contribution is 2.23. The van der Waals surface area contributed by atoms with Gasteiger partial charge in [-0.15, -0.1) is 0 Å². The smallest absolute Gasteiger partial charge is 0.308 e. The summed E-state index contributed by atoms with van der Waals surface area (Å²) in [6.45, 7) is 0. The molecule has 0 atom stereocenters. The van der Waals surface area contributed by atoms with Crippen LogP contribution >= 0.6 is 0 Å². The monoisotopic (exact) mass is 282 g/mol. The Labute approximate surface area is 101 Å². The second-order valence-electron chi connectivity index (χ2n) is 3.40. The van der Waals surface area contributed by atoms with Gasteiger partial charge in [0.05, 0.1) is 4.90 Å². The molecule has 100 valence electrons. The predicted molar refractivity (Wildman–Crippen MR) is 57.3 cm³/mol. The fraction of sp³-hybridized carbons (Fsp3) is 0.222. The molecule has 5 nitrogen and oxygen atoms in total. The van der Waals surface area contributed by atoms with Crippen molar-refractivity contribution < 1.29 is 26.4 Å². The Kier molecular flexibility index (Phi) is 3.67. The van der Waals surface area contributed by atoms with Crippen LogP contribution < -0.4 is 10.0 Å². The maximum Gasteiger partial charge on any atom is 0.471 e. The van der Waals surface area contributed by atoms with Crippen LogP contribution in [0.1, 0.15) is 0 Å². The van der Waals surface area contributed by atoms with E-state index in [4.69, 9.17) is 5.14 Å². The van der Waals surface area contributed by atoms with Crippen molar-refractivity contribution in [1.29, 1.82) is 0 Å². The summed E-state index contributed by atoms with van der Waals surface area (Å²) < 4.78 is 58.3. The maximum atomic E-state index is 12.1. The van der Waals surface area contributed by atoms with Crippen molar-refractivity contribution in [2.75, 3.05) is 11.9 Å². The Bertz CT molecular complexity index is 551. The number of hydrogen-bond acceptors (Lipinski definition) is 3. The number of amides is 1. The first-order valence-electron chi connectivity index (χ1n) is 4.51. The van der Waals surface area contributed by atoms with Gasteiger partial charge in [0, 0.05) is 12.7 Å². The highest BCUT2D eigenvalue weighted by atomic mass is 32.2. The van der Waals surface area contributed by atoms with E-state index in [0.717, 1.165) is 31.3 Å². The highest BCUT2D eigenvalue weighted by molar-refractivity contribution is 7.89. The molecule has 0 aliphatic heterocycles. The van der Waals surface area contributed by atoms with Crippen molar-refractivity contribution in [3.63, 3.8) is 0 Å². The highest BCUT2D eigenvalue weighted by Gasteiger charge is 2.41. The zero-order valence-electron chi connectivity index (χ0n) is 9.10. The predicted octanol–water partition coefficient (Wildman–Crippen LogP) is 0.859. The zero-order chi connectivity index (χ0) is 14.1. The van der Waals surface area contributed by atoms with Crippen LogP contribution in [0.3, 0.4) is 0 Å². The van der Waals surface area contributed by atoms with Crippen LogP contribution in [0.4, 0.5) is 18.9 Å². The van der Waals surface area contributed by atoms with Crippen LogP contribution in [0, 0.1) is 0 Å². The molecule has 0 aliphatic rings. The molecule has 1 aromatic carbocycles. The van der Waals surface area contributed by atoms with Crippen molar-refractivity contribution in [2.24, 2.45) is 5.14 Å². The Hall–Kier alpha value is -1.61. The minimum Gasteiger partial charge on any atom is -0.308 e. The molecule has 0 fully saturated rings. The van der Waals surface area contributed by atoms with Crippen molar-refractivity contribution in [3.8, 4) is 0 Å². The molecule has 0 aromatic heterocycles. The minimum atomic E-state index is -4.99. The molecule has 2 N–H and O–H groups in total. The van der Waals surface area contributed by atoms with Crippen molar-refractivity contribution in [2.45, 2.75) is 11.1 Å². The van der Waals surface area contributed by atoms with Gasteiger partial charge < -0.3 is 4.90 Å². The fourth-order valence-corrected chi connectivity index (χ4v) is 1.68. The maximum absolute atomic E-state index is 12.1. The van der Waals surface area contributed by atoms with Crippen LogP contribution in [-0.2, 0) is 14.8 Å². The van der Waals surface area contributed by atoms with E-state index < -0.39 is 22.1 Å². The lowest BCUT2D eigenvalue weighted by Crippen LogP contribution is -2.38. The van der Waals surface area contributed by atoms with Gasteiger partial charge in [-0.3, -0.25) is 4.79 Å². The summed E-state index contributed by atoms with van der Waals surface area (Å²) >= 11 is 0. The van der Waals surface area contributed by atoms with Gasteiger partial charge >= 0.3 is 12.1 Å². The number of anilines is 1. The largest absolute Gasteiger partial charge is 0.471 e. The number of benzene rings is 1. The molecule has 1 aromatic rings. The quantitative estimate of drug-likeness (QED) is 0.873. The first-order chi connectivity index (χ1) is 8.03. The molecule has 0 radical (unpaired) electrons. The number of nitrogens with zero attached hydrogens (tertiary/aromatic N) is 1. The van der Waals surface area contributed by atoms with Gasteiger partial charge in [-0.1, -0.05) is 0 Å². The van der Waals surface area contributed by atoms with Crippen LogP contribution in [0.2, 0.25) is 0 Å². The third kappa shape index (κ3) is 3.20. The van der Waals surface area contributed by atoms with Gasteiger partial charge in [-0.2, -0.15) is 13.2 Å². The van der Waals surface area contributed by atoms with Gasteiger partial charge in [-0.25, -0.2) is 13.6 Å². The summed E-state index contributed by atoms with van der Waals surface area (Å²) in [5.41, 5.74) is -0.0928. The number of carbonyl (C=O) groups is 1. The molecule has 1 amide bonds. The van der Waals surface area contributed by atoms with E-state index in [0.29, 0.717) is 4.90 Å². The second-order valence-corrected chi connectivity index (χ2v) is 4.96. The molecule has 0 bridgehead atoms. The number of carbonyl (C=O) groups excluding carboxylic acids is 1. The van der Waals surface area contributed by atoms with Crippen LogP contribution in [0.25, 0.3) is 0 Å². The first-order valence-corrected chi connectivity index (χ1v) is 6.06. The molecule has 0 spiro atoms. The normalized spacial score (nSPS) is 12.3. The molecule has 0 aliphatic carbocycles. The van der Waals surface area contributed by atoms with Crippen LogP contribution in [-0.4, -0.2) is 27.5 Å². The topological polar surface area (TPSA) is 80.5 Å². The first kappa shape index (κ1) is 14.5. The van der Waals surface area contributed by atoms with E-state index in [1.165, 1.54) is 0 Å². The lowest BCUT2D eigenvalue weighted by Gasteiger charge is -2.18. The van der Waals surface area contributed by atoms with Crippen LogP contribution in [0.15, 0.2) is 29.2 Å². The third-order valence-corrected chi connectivity index (χ3v) is 3.03. The number of alkyl halides is 3. The summed E-state index contributed by atoms with van der Waals surface area (Å²) in [7, 11) is -2.99. The Morgan fingerprint density at radius 2 is 1.67 bits per heavy atom. The lowest BCUT2D eigenvalue weighted by molar-refractivity contribution is -0.170. The number of nitrogens with two attached hydrogens (primary N) is 1. The average molecular weight is 282 g/mol. The molecular weight excluding hydrogens is 273 g/mol. The van der Waals surface area contributed by atoms with E-state index in [9.17, 15) is 26.4 Å². The molecule has 0 unspecified atom stereocenters. The molecule has 9 heteroatoms. The Morgan fingerprint density at radius 3 is 2.00 bits per heavy atom. The number of sulfonamides is 1. The second kappa shape index (κ2) is 4.58. The van der Waals surface area contributed by atoms with Gasteiger partial charge in [0.2, 0.25) is 10.0 Å². The summed E-state index contributed by atoms with van der Waals surface area (Å²) in [4.78, 5) is 11.0. The van der Waals surface area contributed by atoms with Crippen molar-refractivity contribution in [1.82, 2.24) is 0 Å². The van der Waals surface area contributed by atoms with E-state index in [-0.39, 0.29) is 10.6 Å². The van der Waals surface area contributed by atoms with Crippen molar-refractivity contribution in [3.05, 3.63) is 24.3 Å². The molecule has 1 rings (SSSR count). The zero-order valence-corrected chi connectivity index (χ0v) is 9.92. The van der Waals surface area contributed by atoms with Crippen LogP contribution in [0.5, 0.6) is 0 Å². The third-order valence-electron chi connectivity index (χ3n) is 2.10. The summed E-state index contributed by atoms with van der Waals surface area (Å²) in [5.74, 6) is -2.05. The minimum absolute atomic E-state index is 0.0928. The Balaban J connectivity index is 3.03. The fourth-order valence-electron chi connectivity index (χ4n) is 1.17. The van der Waals surface area contributed by atoms with E-state index in [1.807, 2.05) is 0 Å². The van der Waals surface area contributed by atoms with Gasteiger partial charge in [-0.05, 0) is 24.3 Å². The molecule has 0 saturated heterocycles. The van der Waals surface area contributed by atoms with Gasteiger partial charge in [0.25, 0.3) is 0 Å². The van der Waals surface area contributed by atoms with E-state index >= 15 is 0 Å². The van der Waals surface area contributed by atoms with Gasteiger partial charge in [0.15, 0.2) is 0 Å². The average Bonchev–Trinajstić information content (AvgIpc) is 2.25. The lowest BCUT2D eigenvalue weighted by atomic mass is 10.3. The molecule has 18 heavy (non-hydrogen) atoms. The summed E-state index contributed by atoms with van der Waals surface area (Å²) in [6, 6.07) is 4.16.